The summed E-state index contributed by atoms with van der Waals surface area (Å²) in [5, 5.41) is 15.7. The van der Waals surface area contributed by atoms with Crippen molar-refractivity contribution in [2.45, 2.75) is 50.2 Å². The Hall–Kier alpha value is -2.65. The summed E-state index contributed by atoms with van der Waals surface area (Å²) in [5.41, 5.74) is 0.800. The van der Waals surface area contributed by atoms with Crippen LogP contribution in [0.1, 0.15) is 43.7 Å². The summed E-state index contributed by atoms with van der Waals surface area (Å²) in [7, 11) is 0. The van der Waals surface area contributed by atoms with Gasteiger partial charge in [0.2, 0.25) is 0 Å². The van der Waals surface area contributed by atoms with Crippen molar-refractivity contribution in [1.29, 1.82) is 0 Å². The molecule has 4 atom stereocenters. The number of nitrogens with one attached hydrogen (secondary N) is 1. The fourth-order valence-corrected chi connectivity index (χ4v) is 6.68. The minimum Gasteiger partial charge on any atom is -0.490 e. The number of para-hydroxylation sites is 1. The highest BCUT2D eigenvalue weighted by Crippen LogP contribution is 2.58. The van der Waals surface area contributed by atoms with Crippen molar-refractivity contribution in [2.75, 3.05) is 25.1 Å². The maximum Gasteiger partial charge on any atom is 0.256 e. The van der Waals surface area contributed by atoms with E-state index in [4.69, 9.17) is 9.47 Å². The quantitative estimate of drug-likeness (QED) is 0.455. The van der Waals surface area contributed by atoms with Gasteiger partial charge in [-0.05, 0) is 66.4 Å². The van der Waals surface area contributed by atoms with Gasteiger partial charge in [-0.15, -0.1) is 0 Å². The van der Waals surface area contributed by atoms with E-state index in [0.29, 0.717) is 47.0 Å². The monoisotopic (exact) mass is 515 g/mol. The van der Waals surface area contributed by atoms with Gasteiger partial charge in [-0.25, -0.2) is 0 Å². The van der Waals surface area contributed by atoms with Crippen LogP contribution in [0.3, 0.4) is 0 Å². The summed E-state index contributed by atoms with van der Waals surface area (Å²) in [6.07, 6.45) is 1.68. The van der Waals surface area contributed by atoms with E-state index >= 15 is 0 Å². The minimum atomic E-state index is -1.33. The zero-order chi connectivity index (χ0) is 23.3. The van der Waals surface area contributed by atoms with Gasteiger partial charge < -0.3 is 14.8 Å². The van der Waals surface area contributed by atoms with Crippen LogP contribution in [0.4, 0.5) is 5.69 Å². The van der Waals surface area contributed by atoms with E-state index in [2.05, 4.69) is 26.1 Å². The predicted octanol–water partition coefficient (Wildman–Crippen LogP) is 4.30. The number of carbonyl (C=O) groups is 1. The number of benzene rings is 2. The van der Waals surface area contributed by atoms with E-state index < -0.39 is 17.5 Å². The Balaban J connectivity index is 1.71. The van der Waals surface area contributed by atoms with Crippen LogP contribution in [0.2, 0.25) is 0 Å². The van der Waals surface area contributed by atoms with E-state index in [0.717, 1.165) is 18.4 Å². The lowest BCUT2D eigenvalue weighted by Gasteiger charge is -2.32. The van der Waals surface area contributed by atoms with Gasteiger partial charge in [0.05, 0.1) is 23.6 Å². The Morgan fingerprint density at radius 2 is 2.00 bits per heavy atom. The zero-order valence-corrected chi connectivity index (χ0v) is 20.1. The maximum atomic E-state index is 13.6. The molecule has 3 heterocycles. The van der Waals surface area contributed by atoms with E-state index in [1.165, 1.54) is 0 Å². The van der Waals surface area contributed by atoms with Gasteiger partial charge >= 0.3 is 0 Å². The van der Waals surface area contributed by atoms with Gasteiger partial charge in [0.15, 0.2) is 17.0 Å². The topological polar surface area (TPSA) is 93.9 Å². The Kier molecular flexibility index (Phi) is 5.56. The first-order valence-corrected chi connectivity index (χ1v) is 12.1. The Morgan fingerprint density at radius 1 is 1.24 bits per heavy atom. The smallest absolute Gasteiger partial charge is 0.256 e. The lowest BCUT2D eigenvalue weighted by Crippen LogP contribution is -2.55. The number of fused-ring (bicyclic) bond motifs is 4. The Morgan fingerprint density at radius 3 is 2.73 bits per heavy atom. The molecule has 3 aliphatic rings. The van der Waals surface area contributed by atoms with Gasteiger partial charge in [-0.2, -0.15) is 0 Å². The molecule has 33 heavy (non-hydrogen) atoms. The first kappa shape index (κ1) is 22.2. The SMILES string of the molecule is CCOc1cc([C@@H]2[C@@H]3CCCN3[C@]3(C(=O)Nc4ccccc43)[C@@H]2[N+](=O)[O-])cc(Br)c1OCC. The number of hydrogen-bond donors (Lipinski definition) is 1. The molecule has 3 aliphatic heterocycles. The van der Waals surface area contributed by atoms with Crippen LogP contribution < -0.4 is 14.8 Å². The lowest BCUT2D eigenvalue weighted by molar-refractivity contribution is -0.534. The summed E-state index contributed by atoms with van der Waals surface area (Å²) in [6.45, 7) is 5.33. The molecule has 2 saturated heterocycles. The lowest BCUT2D eigenvalue weighted by atomic mass is 9.77. The first-order valence-electron chi connectivity index (χ1n) is 11.3. The molecule has 2 fully saturated rings. The summed E-state index contributed by atoms with van der Waals surface area (Å²) < 4.78 is 12.3. The highest BCUT2D eigenvalue weighted by Gasteiger charge is 2.73. The van der Waals surface area contributed by atoms with Crippen LogP contribution in [-0.2, 0) is 10.3 Å². The first-order chi connectivity index (χ1) is 15.9. The normalized spacial score (nSPS) is 28.0. The molecule has 174 valence electrons. The number of hydrogen-bond acceptors (Lipinski definition) is 6. The molecule has 2 aromatic carbocycles. The van der Waals surface area contributed by atoms with Gasteiger partial charge in [0.25, 0.3) is 11.9 Å². The average molecular weight is 516 g/mol. The minimum absolute atomic E-state index is 0.128. The van der Waals surface area contributed by atoms with Crippen molar-refractivity contribution in [3.05, 3.63) is 62.1 Å². The molecule has 1 amide bonds. The Bertz CT molecular complexity index is 1130. The number of nitro groups is 1. The van der Waals surface area contributed by atoms with Crippen molar-refractivity contribution >= 4 is 27.5 Å². The molecule has 2 aromatic rings. The third-order valence-corrected chi connectivity index (χ3v) is 7.69. The molecule has 0 saturated carbocycles. The van der Waals surface area contributed by atoms with Crippen molar-refractivity contribution in [3.63, 3.8) is 0 Å². The third kappa shape index (κ3) is 3.09. The molecule has 8 nitrogen and oxygen atoms in total. The Labute approximate surface area is 200 Å². The number of halogens is 1. The van der Waals surface area contributed by atoms with E-state index in [1.54, 1.807) is 0 Å². The fourth-order valence-electron chi connectivity index (χ4n) is 6.10. The second-order valence-corrected chi connectivity index (χ2v) is 9.48. The summed E-state index contributed by atoms with van der Waals surface area (Å²) in [4.78, 5) is 28.1. The van der Waals surface area contributed by atoms with Gasteiger partial charge in [0.1, 0.15) is 0 Å². The molecule has 0 bridgehead atoms. The van der Waals surface area contributed by atoms with Gasteiger partial charge in [-0.3, -0.25) is 19.8 Å². The second-order valence-electron chi connectivity index (χ2n) is 8.62. The van der Waals surface area contributed by atoms with Crippen molar-refractivity contribution < 1.29 is 19.2 Å². The molecule has 1 N–H and O–H groups in total. The summed E-state index contributed by atoms with van der Waals surface area (Å²) in [6, 6.07) is 9.83. The second kappa shape index (κ2) is 8.29. The van der Waals surface area contributed by atoms with Crippen LogP contribution in [0.5, 0.6) is 11.5 Å². The van der Waals surface area contributed by atoms with Gasteiger partial charge in [0, 0.05) is 28.8 Å². The molecule has 1 spiro atoms. The largest absolute Gasteiger partial charge is 0.490 e. The highest BCUT2D eigenvalue weighted by molar-refractivity contribution is 9.10. The van der Waals surface area contributed by atoms with Crippen LogP contribution in [0.15, 0.2) is 40.9 Å². The number of amides is 1. The van der Waals surface area contributed by atoms with E-state index in [9.17, 15) is 14.9 Å². The van der Waals surface area contributed by atoms with Crippen molar-refractivity contribution in [2.24, 2.45) is 0 Å². The molecular formula is C24H26BrN3O5. The molecule has 0 unspecified atom stereocenters. The van der Waals surface area contributed by atoms with Gasteiger partial charge in [-0.1, -0.05) is 18.2 Å². The molecule has 5 rings (SSSR count). The maximum absolute atomic E-state index is 13.6. The third-order valence-electron chi connectivity index (χ3n) is 7.10. The zero-order valence-electron chi connectivity index (χ0n) is 18.5. The fraction of sp³-hybridized carbons (Fsp3) is 0.458. The van der Waals surface area contributed by atoms with E-state index in [1.807, 2.05) is 50.2 Å². The number of anilines is 1. The molecule has 0 aliphatic carbocycles. The van der Waals surface area contributed by atoms with Crippen LogP contribution in [0, 0.1) is 10.1 Å². The average Bonchev–Trinajstić information content (AvgIpc) is 3.44. The molecule has 0 radical (unpaired) electrons. The number of carbonyl (C=O) groups excluding carboxylic acids is 1. The summed E-state index contributed by atoms with van der Waals surface area (Å²) >= 11 is 3.59. The standard InChI is InChI=1S/C24H26BrN3O5/c1-3-32-19-13-14(12-16(25)21(19)33-4-2)20-18-10-7-11-27(18)24(22(20)28(30)31)15-8-5-6-9-17(15)26-23(24)29/h5-6,8-9,12-13,18,20,22H,3-4,7,10-11H2,1-2H3,(H,26,29)/t18-,20+,22+,24-/m0/s1. The van der Waals surface area contributed by atoms with E-state index in [-0.39, 0.29) is 16.9 Å². The molecular weight excluding hydrogens is 490 g/mol. The van der Waals surface area contributed by atoms with Crippen molar-refractivity contribution in [1.82, 2.24) is 4.90 Å². The van der Waals surface area contributed by atoms with Crippen molar-refractivity contribution in [3.8, 4) is 11.5 Å². The summed E-state index contributed by atoms with van der Waals surface area (Å²) in [5.74, 6) is 0.341. The van der Waals surface area contributed by atoms with Crippen LogP contribution in [0.25, 0.3) is 0 Å². The molecule has 0 aromatic heterocycles. The van der Waals surface area contributed by atoms with Crippen LogP contribution >= 0.6 is 15.9 Å². The number of nitrogens with zero attached hydrogens (tertiary/aromatic N) is 2. The highest BCUT2D eigenvalue weighted by atomic mass is 79.9. The predicted molar refractivity (Wildman–Crippen MR) is 126 cm³/mol. The number of rotatable bonds is 6. The van der Waals surface area contributed by atoms with Crippen LogP contribution in [-0.4, -0.2) is 47.6 Å². The number of ether oxygens (including phenoxy) is 2. The molecule has 9 heteroatoms.